The van der Waals surface area contributed by atoms with Crippen LogP contribution in [0.5, 0.6) is 0 Å². The number of hydrogen-bond acceptors (Lipinski definition) is 0. The lowest BCUT2D eigenvalue weighted by molar-refractivity contribution is 0.259. The first-order valence-corrected chi connectivity index (χ1v) is 6.93. The maximum Gasteiger partial charge on any atom is -0.0323 e. The summed E-state index contributed by atoms with van der Waals surface area (Å²) in [6.07, 6.45) is 13.6. The fraction of sp³-hybridized carbons (Fsp3) is 1.00. The molecule has 2 aliphatic carbocycles. The van der Waals surface area contributed by atoms with E-state index < -0.39 is 0 Å². The van der Waals surface area contributed by atoms with Gasteiger partial charge in [-0.25, -0.2) is 0 Å². The molecule has 0 nitrogen and oxygen atoms in total. The Hall–Kier alpha value is 0.430. The second kappa shape index (κ2) is 4.78. The highest BCUT2D eigenvalue weighted by molar-refractivity contribution is 7.16. The van der Waals surface area contributed by atoms with E-state index in [1.54, 1.807) is 0 Å². The van der Waals surface area contributed by atoms with Gasteiger partial charge < -0.3 is 0 Å². The molecule has 1 unspecified atom stereocenters. The Labute approximate surface area is 85.1 Å². The summed E-state index contributed by atoms with van der Waals surface area (Å²) in [6.45, 7) is 0. The first kappa shape index (κ1) is 9.97. The van der Waals surface area contributed by atoms with Crippen molar-refractivity contribution in [1.29, 1.82) is 0 Å². The van der Waals surface area contributed by atoms with Crippen LogP contribution < -0.4 is 0 Å². The fourth-order valence-electron chi connectivity index (χ4n) is 3.54. The predicted molar refractivity (Wildman–Crippen MR) is 62.0 cm³/mol. The largest absolute Gasteiger partial charge is 0.137 e. The molecule has 0 heterocycles. The van der Waals surface area contributed by atoms with Gasteiger partial charge >= 0.3 is 0 Å². The third kappa shape index (κ3) is 2.27. The molecule has 1 atom stereocenters. The molecule has 2 saturated carbocycles. The minimum atomic E-state index is 1.06. The third-order valence-corrected chi connectivity index (χ3v) is 4.83. The van der Waals surface area contributed by atoms with Crippen LogP contribution in [0.3, 0.4) is 0 Å². The summed E-state index contributed by atoms with van der Waals surface area (Å²) >= 11 is 0. The van der Waals surface area contributed by atoms with Gasteiger partial charge in [0.05, 0.1) is 0 Å². The highest BCUT2D eigenvalue weighted by atomic mass is 31.0. The summed E-state index contributed by atoms with van der Waals surface area (Å²) in [5.74, 6) is 3.26. The minimum Gasteiger partial charge on any atom is -0.137 e. The summed E-state index contributed by atoms with van der Waals surface area (Å²) in [4.78, 5) is 0. The first-order valence-electron chi connectivity index (χ1n) is 6.12. The Morgan fingerprint density at radius 1 is 0.846 bits per heavy atom. The van der Waals surface area contributed by atoms with Crippen molar-refractivity contribution in [3.63, 3.8) is 0 Å². The van der Waals surface area contributed by atoms with Crippen molar-refractivity contribution in [3.05, 3.63) is 0 Å². The average molecular weight is 198 g/mol. The van der Waals surface area contributed by atoms with Crippen LogP contribution in [0.4, 0.5) is 0 Å². The van der Waals surface area contributed by atoms with Gasteiger partial charge in [0.2, 0.25) is 0 Å². The maximum atomic E-state index is 3.00. The van der Waals surface area contributed by atoms with Gasteiger partial charge in [0.25, 0.3) is 0 Å². The van der Waals surface area contributed by atoms with Crippen molar-refractivity contribution in [2.75, 3.05) is 6.16 Å². The molecule has 0 N–H and O–H groups in total. The van der Waals surface area contributed by atoms with Crippen molar-refractivity contribution in [3.8, 4) is 0 Å². The molecule has 0 amide bonds. The van der Waals surface area contributed by atoms with E-state index in [9.17, 15) is 0 Å². The molecule has 1 heteroatoms. The summed E-state index contributed by atoms with van der Waals surface area (Å²) in [5, 5.41) is 0. The van der Waals surface area contributed by atoms with Crippen LogP contribution in [0.25, 0.3) is 0 Å². The molecule has 2 aliphatic rings. The fourth-order valence-corrected chi connectivity index (χ4v) is 4.31. The zero-order chi connectivity index (χ0) is 9.10. The van der Waals surface area contributed by atoms with Crippen LogP contribution in [0.15, 0.2) is 0 Å². The number of hydrogen-bond donors (Lipinski definition) is 0. The molecule has 0 aromatic heterocycles. The molecule has 76 valence electrons. The summed E-state index contributed by atoms with van der Waals surface area (Å²) in [7, 11) is 3.00. The third-order valence-electron chi connectivity index (χ3n) is 4.28. The second-order valence-corrected chi connectivity index (χ2v) is 5.46. The van der Waals surface area contributed by atoms with Crippen LogP contribution in [-0.4, -0.2) is 6.16 Å². The van der Waals surface area contributed by atoms with E-state index in [1.165, 1.54) is 57.5 Å². The maximum absolute atomic E-state index is 3.00. The van der Waals surface area contributed by atoms with Gasteiger partial charge in [-0.3, -0.25) is 0 Å². The van der Waals surface area contributed by atoms with Gasteiger partial charge in [0, 0.05) is 0 Å². The standard InChI is InChI=1S/C12H23P/c13-9-12(10-5-1-2-6-10)11-7-3-4-8-11/h10-12H,1-9,13H2. The van der Waals surface area contributed by atoms with Gasteiger partial charge in [0.1, 0.15) is 0 Å². The van der Waals surface area contributed by atoms with E-state index >= 15 is 0 Å². The predicted octanol–water partition coefficient (Wildman–Crippen LogP) is 3.86. The minimum absolute atomic E-state index is 1.06. The van der Waals surface area contributed by atoms with E-state index in [0.717, 1.165) is 17.8 Å². The Kier molecular flexibility index (Phi) is 3.66. The van der Waals surface area contributed by atoms with Gasteiger partial charge in [-0.05, 0) is 23.9 Å². The van der Waals surface area contributed by atoms with Crippen LogP contribution in [0.1, 0.15) is 51.4 Å². The average Bonchev–Trinajstić information content (AvgIpc) is 2.76. The Bertz CT molecular complexity index is 127. The van der Waals surface area contributed by atoms with Crippen molar-refractivity contribution in [2.45, 2.75) is 51.4 Å². The molecule has 2 fully saturated rings. The molecule has 0 spiro atoms. The molecular weight excluding hydrogens is 175 g/mol. The Balaban J connectivity index is 1.90. The van der Waals surface area contributed by atoms with Crippen LogP contribution in [0.2, 0.25) is 0 Å². The van der Waals surface area contributed by atoms with E-state index in [0.29, 0.717) is 0 Å². The molecule has 0 radical (unpaired) electrons. The SMILES string of the molecule is PCC(C1CCCC1)C1CCCC1. The van der Waals surface area contributed by atoms with Crippen molar-refractivity contribution in [2.24, 2.45) is 17.8 Å². The highest BCUT2D eigenvalue weighted by Gasteiger charge is 2.31. The number of rotatable bonds is 3. The van der Waals surface area contributed by atoms with Crippen LogP contribution in [-0.2, 0) is 0 Å². The van der Waals surface area contributed by atoms with Gasteiger partial charge in [-0.15, -0.1) is 9.24 Å². The van der Waals surface area contributed by atoms with Gasteiger partial charge in [0.15, 0.2) is 0 Å². The first-order chi connectivity index (χ1) is 6.42. The van der Waals surface area contributed by atoms with Crippen molar-refractivity contribution in [1.82, 2.24) is 0 Å². The monoisotopic (exact) mass is 198 g/mol. The lowest BCUT2D eigenvalue weighted by Crippen LogP contribution is -2.21. The topological polar surface area (TPSA) is 0 Å². The molecule has 0 bridgehead atoms. The highest BCUT2D eigenvalue weighted by Crippen LogP contribution is 2.42. The molecule has 0 aromatic carbocycles. The second-order valence-electron chi connectivity index (χ2n) is 4.99. The van der Waals surface area contributed by atoms with Gasteiger partial charge in [-0.1, -0.05) is 51.4 Å². The zero-order valence-electron chi connectivity index (χ0n) is 8.67. The summed E-state index contributed by atoms with van der Waals surface area (Å²) < 4.78 is 0. The summed E-state index contributed by atoms with van der Waals surface area (Å²) in [6, 6.07) is 0. The molecule has 2 rings (SSSR count). The molecule has 0 aromatic rings. The van der Waals surface area contributed by atoms with E-state index in [-0.39, 0.29) is 0 Å². The Morgan fingerprint density at radius 2 is 1.23 bits per heavy atom. The normalized spacial score (nSPS) is 26.3. The Morgan fingerprint density at radius 3 is 1.54 bits per heavy atom. The lowest BCUT2D eigenvalue weighted by Gasteiger charge is -2.27. The quantitative estimate of drug-likeness (QED) is 0.604. The molecular formula is C12H23P. The van der Waals surface area contributed by atoms with Gasteiger partial charge in [-0.2, -0.15) is 0 Å². The molecule has 0 saturated heterocycles. The zero-order valence-corrected chi connectivity index (χ0v) is 9.83. The molecule has 13 heavy (non-hydrogen) atoms. The molecule has 0 aliphatic heterocycles. The van der Waals surface area contributed by atoms with Crippen LogP contribution >= 0.6 is 9.24 Å². The smallest absolute Gasteiger partial charge is 0.0323 e. The van der Waals surface area contributed by atoms with Crippen LogP contribution in [0, 0.1) is 17.8 Å². The summed E-state index contributed by atoms with van der Waals surface area (Å²) in [5.41, 5.74) is 0. The van der Waals surface area contributed by atoms with Crippen molar-refractivity contribution >= 4 is 9.24 Å². The van der Waals surface area contributed by atoms with E-state index in [4.69, 9.17) is 0 Å². The van der Waals surface area contributed by atoms with E-state index in [2.05, 4.69) is 9.24 Å². The lowest BCUT2D eigenvalue weighted by atomic mass is 9.81. The van der Waals surface area contributed by atoms with E-state index in [1.807, 2.05) is 0 Å². The van der Waals surface area contributed by atoms with Crippen molar-refractivity contribution < 1.29 is 0 Å².